The van der Waals surface area contributed by atoms with E-state index in [2.05, 4.69) is 6.58 Å². The Balaban J connectivity index is 1.37. The molecule has 194 valence electrons. The second kappa shape index (κ2) is 11.5. The van der Waals surface area contributed by atoms with Crippen molar-refractivity contribution in [1.29, 1.82) is 0 Å². The van der Waals surface area contributed by atoms with Crippen molar-refractivity contribution in [2.45, 2.75) is 70.1 Å². The monoisotopic (exact) mass is 504 g/mol. The van der Waals surface area contributed by atoms with E-state index in [1.807, 2.05) is 6.08 Å². The van der Waals surface area contributed by atoms with Crippen molar-refractivity contribution in [1.82, 2.24) is 0 Å². The SMILES string of the molecule is C=CC1CCC(c2ccc(C3CCC(C(=O)Oc4ccc(OCC)c(F)c4F)CC3)c(F)c2F)CC1. The lowest BCUT2D eigenvalue weighted by atomic mass is 9.76. The van der Waals surface area contributed by atoms with Crippen LogP contribution in [0.2, 0.25) is 0 Å². The second-order valence-corrected chi connectivity index (χ2v) is 9.81. The number of ether oxygens (including phenoxy) is 2. The van der Waals surface area contributed by atoms with E-state index >= 15 is 8.78 Å². The highest BCUT2D eigenvalue weighted by Gasteiger charge is 2.32. The van der Waals surface area contributed by atoms with Crippen molar-refractivity contribution >= 4 is 5.97 Å². The standard InChI is InChI=1S/C29H32F4O3/c1-3-17-5-7-18(8-6-17)21-13-14-22(26(31)25(21)30)19-9-11-20(12-10-19)29(34)36-24-16-15-23(35-4-2)27(32)28(24)33/h3,13-20H,1,4-12H2,2H3. The van der Waals surface area contributed by atoms with Crippen LogP contribution in [-0.4, -0.2) is 12.6 Å². The third kappa shape index (κ3) is 5.45. The number of allylic oxidation sites excluding steroid dienone is 1. The van der Waals surface area contributed by atoms with Gasteiger partial charge in [-0.25, -0.2) is 8.78 Å². The summed E-state index contributed by atoms with van der Waals surface area (Å²) in [5.41, 5.74) is 0.781. The van der Waals surface area contributed by atoms with Crippen LogP contribution in [0.3, 0.4) is 0 Å². The van der Waals surface area contributed by atoms with Crippen LogP contribution in [0.15, 0.2) is 36.9 Å². The van der Waals surface area contributed by atoms with Crippen LogP contribution >= 0.6 is 0 Å². The summed E-state index contributed by atoms with van der Waals surface area (Å²) in [4.78, 5) is 12.6. The first-order valence-electron chi connectivity index (χ1n) is 12.8. The van der Waals surface area contributed by atoms with Gasteiger partial charge < -0.3 is 9.47 Å². The molecule has 0 N–H and O–H groups in total. The predicted molar refractivity (Wildman–Crippen MR) is 129 cm³/mol. The third-order valence-corrected chi connectivity index (χ3v) is 7.71. The van der Waals surface area contributed by atoms with E-state index in [1.54, 1.807) is 19.1 Å². The number of hydrogen-bond donors (Lipinski definition) is 0. The van der Waals surface area contributed by atoms with E-state index in [0.717, 1.165) is 31.7 Å². The summed E-state index contributed by atoms with van der Waals surface area (Å²) in [6.07, 6.45) is 7.17. The van der Waals surface area contributed by atoms with Crippen molar-refractivity contribution < 1.29 is 31.8 Å². The summed E-state index contributed by atoms with van der Waals surface area (Å²) >= 11 is 0. The lowest BCUT2D eigenvalue weighted by molar-refractivity contribution is -0.140. The van der Waals surface area contributed by atoms with Gasteiger partial charge in [0, 0.05) is 0 Å². The van der Waals surface area contributed by atoms with Gasteiger partial charge in [-0.05, 0) is 99.3 Å². The summed E-state index contributed by atoms with van der Waals surface area (Å²) in [6, 6.07) is 5.79. The molecular formula is C29H32F4O3. The van der Waals surface area contributed by atoms with Crippen molar-refractivity contribution in [3.63, 3.8) is 0 Å². The van der Waals surface area contributed by atoms with Crippen LogP contribution in [0, 0.1) is 35.1 Å². The Morgan fingerprint density at radius 2 is 1.31 bits per heavy atom. The van der Waals surface area contributed by atoms with Crippen LogP contribution in [0.4, 0.5) is 17.6 Å². The minimum atomic E-state index is -1.28. The molecule has 36 heavy (non-hydrogen) atoms. The van der Waals surface area contributed by atoms with E-state index in [0.29, 0.717) is 42.7 Å². The van der Waals surface area contributed by atoms with Gasteiger partial charge >= 0.3 is 5.97 Å². The van der Waals surface area contributed by atoms with Crippen molar-refractivity contribution in [2.75, 3.05) is 6.61 Å². The van der Waals surface area contributed by atoms with E-state index in [1.165, 1.54) is 6.07 Å². The molecule has 4 rings (SSSR count). The summed E-state index contributed by atoms with van der Waals surface area (Å²) in [5, 5.41) is 0. The average molecular weight is 505 g/mol. The molecule has 2 aliphatic rings. The topological polar surface area (TPSA) is 35.5 Å². The molecule has 0 heterocycles. The summed E-state index contributed by atoms with van der Waals surface area (Å²) in [7, 11) is 0. The summed E-state index contributed by atoms with van der Waals surface area (Å²) in [5.74, 6) is -5.72. The van der Waals surface area contributed by atoms with Gasteiger partial charge in [0.15, 0.2) is 23.1 Å². The Labute approximate surface area is 209 Å². The van der Waals surface area contributed by atoms with Crippen molar-refractivity contribution in [3.8, 4) is 11.5 Å². The van der Waals surface area contributed by atoms with Gasteiger partial charge in [0.2, 0.25) is 11.6 Å². The maximum absolute atomic E-state index is 15.1. The van der Waals surface area contributed by atoms with Gasteiger partial charge in [-0.15, -0.1) is 6.58 Å². The molecule has 0 spiro atoms. The van der Waals surface area contributed by atoms with Gasteiger partial charge in [0.1, 0.15) is 0 Å². The van der Waals surface area contributed by atoms with Crippen LogP contribution in [0.25, 0.3) is 0 Å². The lowest BCUT2D eigenvalue weighted by Crippen LogP contribution is -2.26. The Morgan fingerprint density at radius 3 is 1.83 bits per heavy atom. The molecule has 0 unspecified atom stereocenters. The molecule has 0 radical (unpaired) electrons. The fourth-order valence-electron chi connectivity index (χ4n) is 5.57. The second-order valence-electron chi connectivity index (χ2n) is 9.81. The molecule has 0 saturated heterocycles. The van der Waals surface area contributed by atoms with Crippen LogP contribution < -0.4 is 9.47 Å². The van der Waals surface area contributed by atoms with E-state index in [4.69, 9.17) is 9.47 Å². The van der Waals surface area contributed by atoms with Gasteiger partial charge in [-0.2, -0.15) is 8.78 Å². The fraction of sp³-hybridized carbons (Fsp3) is 0.483. The molecule has 7 heteroatoms. The smallest absolute Gasteiger partial charge is 0.314 e. The Bertz CT molecular complexity index is 1100. The first-order chi connectivity index (χ1) is 17.3. The molecule has 0 bridgehead atoms. The predicted octanol–water partition coefficient (Wildman–Crippen LogP) is 7.98. The molecule has 3 nitrogen and oxygen atoms in total. The summed E-state index contributed by atoms with van der Waals surface area (Å²) < 4.78 is 68.6. The zero-order chi connectivity index (χ0) is 25.8. The maximum atomic E-state index is 15.1. The molecule has 0 aromatic heterocycles. The maximum Gasteiger partial charge on any atom is 0.314 e. The molecule has 2 aliphatic carbocycles. The minimum Gasteiger partial charge on any atom is -0.491 e. The highest BCUT2D eigenvalue weighted by atomic mass is 19.2. The first-order valence-corrected chi connectivity index (χ1v) is 12.8. The van der Waals surface area contributed by atoms with E-state index < -0.39 is 40.9 Å². The highest BCUT2D eigenvalue weighted by molar-refractivity contribution is 5.75. The van der Waals surface area contributed by atoms with Crippen molar-refractivity contribution in [2.24, 2.45) is 11.8 Å². The number of halogens is 4. The third-order valence-electron chi connectivity index (χ3n) is 7.71. The molecule has 2 aromatic rings. The Morgan fingerprint density at radius 1 is 0.806 bits per heavy atom. The quantitative estimate of drug-likeness (QED) is 0.166. The largest absolute Gasteiger partial charge is 0.491 e. The zero-order valence-electron chi connectivity index (χ0n) is 20.5. The average Bonchev–Trinajstić information content (AvgIpc) is 2.90. The number of carbonyl (C=O) groups is 1. The number of hydrogen-bond acceptors (Lipinski definition) is 3. The first kappa shape index (κ1) is 26.2. The minimum absolute atomic E-state index is 0.0167. The molecule has 2 saturated carbocycles. The van der Waals surface area contributed by atoms with Gasteiger partial charge in [-0.3, -0.25) is 4.79 Å². The number of rotatable bonds is 7. The number of esters is 1. The van der Waals surface area contributed by atoms with Crippen LogP contribution in [0.1, 0.15) is 81.3 Å². The van der Waals surface area contributed by atoms with Crippen LogP contribution in [-0.2, 0) is 4.79 Å². The molecular weight excluding hydrogens is 472 g/mol. The molecule has 0 aliphatic heterocycles. The van der Waals surface area contributed by atoms with E-state index in [9.17, 15) is 13.6 Å². The molecule has 2 aromatic carbocycles. The van der Waals surface area contributed by atoms with Gasteiger partial charge in [-0.1, -0.05) is 18.2 Å². The molecule has 0 atom stereocenters. The van der Waals surface area contributed by atoms with Crippen molar-refractivity contribution in [3.05, 3.63) is 71.3 Å². The van der Waals surface area contributed by atoms with Crippen LogP contribution in [0.5, 0.6) is 11.5 Å². The molecule has 2 fully saturated rings. The highest BCUT2D eigenvalue weighted by Crippen LogP contribution is 2.42. The zero-order valence-corrected chi connectivity index (χ0v) is 20.5. The normalized spacial score (nSPS) is 24.2. The lowest BCUT2D eigenvalue weighted by Gasteiger charge is -2.30. The molecule has 0 amide bonds. The Hall–Kier alpha value is -2.83. The Kier molecular flexibility index (Phi) is 8.37. The summed E-state index contributed by atoms with van der Waals surface area (Å²) in [6.45, 7) is 5.65. The number of carbonyl (C=O) groups excluding carboxylic acids is 1. The number of benzene rings is 2. The van der Waals surface area contributed by atoms with Gasteiger partial charge in [0.05, 0.1) is 12.5 Å². The fourth-order valence-corrected chi connectivity index (χ4v) is 5.57. The van der Waals surface area contributed by atoms with Gasteiger partial charge in [0.25, 0.3) is 0 Å². The van der Waals surface area contributed by atoms with E-state index in [-0.39, 0.29) is 24.2 Å².